The predicted octanol–water partition coefficient (Wildman–Crippen LogP) is 6.57. The number of aliphatic hydroxyl groups excluding tert-OH is 2. The summed E-state index contributed by atoms with van der Waals surface area (Å²) >= 11 is 0. The van der Waals surface area contributed by atoms with Crippen LogP contribution in [-0.4, -0.2) is 44.2 Å². The second kappa shape index (κ2) is 8.01. The van der Waals surface area contributed by atoms with Crippen molar-refractivity contribution in [3.63, 3.8) is 0 Å². The molecule has 6 N–H and O–H groups in total. The number of aromatic carboxylic acids is 2. The van der Waals surface area contributed by atoms with Gasteiger partial charge < -0.3 is 20.4 Å². The minimum absolute atomic E-state index is 0.188. The third kappa shape index (κ3) is 2.97. The van der Waals surface area contributed by atoms with Gasteiger partial charge in [0.2, 0.25) is 11.8 Å². The van der Waals surface area contributed by atoms with Crippen molar-refractivity contribution in [2.24, 2.45) is 0 Å². The average molecular weight is 502 g/mol. The van der Waals surface area contributed by atoms with Crippen molar-refractivity contribution >= 4 is 66.8 Å². The Hall–Kier alpha value is -5.50. The van der Waals surface area contributed by atoms with Crippen LogP contribution < -0.4 is 0 Å². The van der Waals surface area contributed by atoms with Crippen molar-refractivity contribution in [2.45, 2.75) is 0 Å². The van der Waals surface area contributed by atoms with Crippen molar-refractivity contribution in [3.05, 3.63) is 95.1 Å². The lowest BCUT2D eigenvalue weighted by Crippen LogP contribution is -2.18. The van der Waals surface area contributed by atoms with Gasteiger partial charge in [-0.25, -0.2) is 9.59 Å². The van der Waals surface area contributed by atoms with E-state index in [1.165, 1.54) is 0 Å². The smallest absolute Gasteiger partial charge is 0.337 e. The molecule has 0 saturated carbocycles. The molecule has 0 aromatic heterocycles. The quantitative estimate of drug-likeness (QED) is 0.0676. The molecule has 0 amide bonds. The largest absolute Gasteiger partial charge is 0.493 e. The summed E-state index contributed by atoms with van der Waals surface area (Å²) in [6.45, 7) is 0. The van der Waals surface area contributed by atoms with Gasteiger partial charge in [-0.2, -0.15) is 0 Å². The molecule has 0 heterocycles. The first-order valence-electron chi connectivity index (χ1n) is 11.5. The van der Waals surface area contributed by atoms with Crippen molar-refractivity contribution in [1.29, 1.82) is 10.8 Å². The average Bonchev–Trinajstić information content (AvgIpc) is 2.89. The maximum absolute atomic E-state index is 12.8. The van der Waals surface area contributed by atoms with E-state index in [1.807, 2.05) is 24.3 Å². The molecule has 0 spiro atoms. The monoisotopic (exact) mass is 502 g/mol. The van der Waals surface area contributed by atoms with E-state index in [4.69, 9.17) is 10.8 Å². The first kappa shape index (κ1) is 22.9. The van der Waals surface area contributed by atoms with Crippen LogP contribution in [0.3, 0.4) is 0 Å². The molecule has 0 aliphatic heterocycles. The number of hydrogen-bond acceptors (Lipinski definition) is 4. The molecule has 0 aliphatic carbocycles. The number of rotatable bonds is 5. The van der Waals surface area contributed by atoms with Crippen LogP contribution in [0.15, 0.2) is 72.8 Å². The summed E-state index contributed by atoms with van der Waals surface area (Å²) in [6, 6.07) is 21.3. The first-order valence-corrected chi connectivity index (χ1v) is 11.5. The van der Waals surface area contributed by atoms with Crippen LogP contribution in [0.2, 0.25) is 0 Å². The molecule has 8 heteroatoms. The predicted molar refractivity (Wildman–Crippen MR) is 146 cm³/mol. The molecular formula is C30H18N2O6. The van der Waals surface area contributed by atoms with Gasteiger partial charge in [-0.15, -0.1) is 0 Å². The highest BCUT2D eigenvalue weighted by atomic mass is 16.4. The van der Waals surface area contributed by atoms with Gasteiger partial charge in [0.25, 0.3) is 0 Å². The Morgan fingerprint density at radius 2 is 1.13 bits per heavy atom. The van der Waals surface area contributed by atoms with E-state index >= 15 is 0 Å². The summed E-state index contributed by atoms with van der Waals surface area (Å²) in [6.07, 6.45) is 0. The summed E-state index contributed by atoms with van der Waals surface area (Å²) in [4.78, 5) is 25.6. The van der Waals surface area contributed by atoms with Gasteiger partial charge in [-0.3, -0.25) is 10.8 Å². The third-order valence-electron chi connectivity index (χ3n) is 7.03. The van der Waals surface area contributed by atoms with E-state index in [9.17, 15) is 30.0 Å². The van der Waals surface area contributed by atoms with Gasteiger partial charge in [0.15, 0.2) is 0 Å². The van der Waals surface area contributed by atoms with E-state index in [2.05, 4.69) is 0 Å². The molecule has 8 nitrogen and oxygen atoms in total. The Morgan fingerprint density at radius 3 is 1.71 bits per heavy atom. The molecule has 38 heavy (non-hydrogen) atoms. The molecule has 0 radical (unpaired) electrons. The number of benzene rings is 6. The lowest BCUT2D eigenvalue weighted by Gasteiger charge is -2.23. The zero-order valence-corrected chi connectivity index (χ0v) is 19.5. The number of carboxylic acids is 2. The van der Waals surface area contributed by atoms with E-state index in [0.29, 0.717) is 16.3 Å². The molecule has 0 bridgehead atoms. The number of fused-ring (bicyclic) bond motifs is 2. The molecule has 184 valence electrons. The zero-order valence-electron chi connectivity index (χ0n) is 19.5. The van der Waals surface area contributed by atoms with Gasteiger partial charge in [0.05, 0.1) is 22.3 Å². The molecular weight excluding hydrogens is 484 g/mol. The number of nitrogens with one attached hydrogen (secondary N) is 2. The van der Waals surface area contributed by atoms with Crippen LogP contribution in [0.5, 0.6) is 0 Å². The molecule has 0 fully saturated rings. The highest BCUT2D eigenvalue weighted by Gasteiger charge is 2.33. The van der Waals surface area contributed by atoms with Gasteiger partial charge in [-0.1, -0.05) is 66.7 Å². The first-order chi connectivity index (χ1) is 18.2. The molecule has 6 aromatic rings. The lowest BCUT2D eigenvalue weighted by atomic mass is 9.79. The Kier molecular flexibility index (Phi) is 4.83. The second-order valence-corrected chi connectivity index (χ2v) is 8.98. The molecule has 0 unspecified atom stereocenters. The van der Waals surface area contributed by atoms with Gasteiger partial charge >= 0.3 is 11.9 Å². The zero-order chi connectivity index (χ0) is 26.9. The Bertz CT molecular complexity index is 2020. The van der Waals surface area contributed by atoms with Crippen LogP contribution in [-0.2, 0) is 0 Å². The summed E-state index contributed by atoms with van der Waals surface area (Å²) in [5.41, 5.74) is -1.18. The van der Waals surface area contributed by atoms with Crippen LogP contribution in [0, 0.1) is 10.8 Å². The minimum atomic E-state index is -1.61. The Balaban J connectivity index is 2.11. The van der Waals surface area contributed by atoms with E-state index in [1.54, 1.807) is 48.5 Å². The maximum Gasteiger partial charge on any atom is 0.337 e. The van der Waals surface area contributed by atoms with Crippen LogP contribution >= 0.6 is 0 Å². The number of hydrogen-bond donors (Lipinski definition) is 6. The van der Waals surface area contributed by atoms with Crippen molar-refractivity contribution in [1.82, 2.24) is 0 Å². The Morgan fingerprint density at radius 1 is 0.526 bits per heavy atom. The SMILES string of the molecule is N=C(O)c1c(C(=O)O)c2c(C(=O)O)c(-c3ccccc3)cc3c4cccc5cccc(c(c1C(=N)O)c23)c54. The van der Waals surface area contributed by atoms with Crippen molar-refractivity contribution in [2.75, 3.05) is 0 Å². The second-order valence-electron chi connectivity index (χ2n) is 8.98. The van der Waals surface area contributed by atoms with Gasteiger partial charge in [-0.05, 0) is 44.1 Å². The Labute approximate surface area is 214 Å². The molecule has 6 aromatic carbocycles. The maximum atomic E-state index is 12.8. The van der Waals surface area contributed by atoms with Crippen LogP contribution in [0.25, 0.3) is 54.2 Å². The van der Waals surface area contributed by atoms with E-state index in [0.717, 1.165) is 16.2 Å². The molecule has 0 aliphatic rings. The fourth-order valence-corrected chi connectivity index (χ4v) is 5.70. The summed E-state index contributed by atoms with van der Waals surface area (Å²) in [5, 5.41) is 61.5. The lowest BCUT2D eigenvalue weighted by molar-refractivity contribution is 0.0695. The highest BCUT2D eigenvalue weighted by molar-refractivity contribution is 6.41. The van der Waals surface area contributed by atoms with E-state index < -0.39 is 34.9 Å². The van der Waals surface area contributed by atoms with Crippen molar-refractivity contribution in [3.8, 4) is 11.1 Å². The molecule has 0 atom stereocenters. The number of carboxylic acid groups (broad SMARTS) is 2. The van der Waals surface area contributed by atoms with Gasteiger partial charge in [0.1, 0.15) is 0 Å². The molecule has 0 saturated heterocycles. The highest BCUT2D eigenvalue weighted by Crippen LogP contribution is 2.47. The minimum Gasteiger partial charge on any atom is -0.493 e. The standard InChI is InChI=1S/C30H18N2O6/c31-27(33)24-20-16-11-5-9-14-8-4-10-15(19(14)16)18-12-17(13-6-2-1-3-7-13)22(29(35)36)23(21(18)20)26(30(37)38)25(24)28(32)34/h1-12H,(H2,31,33)(H2,32,34)(H,35,36)(H,37,38). The third-order valence-corrected chi connectivity index (χ3v) is 7.03. The fourth-order valence-electron chi connectivity index (χ4n) is 5.70. The molecule has 6 rings (SSSR count). The number of carbonyl (C=O) groups is 2. The number of aliphatic hydroxyl groups is 2. The topological polar surface area (TPSA) is 163 Å². The van der Waals surface area contributed by atoms with E-state index in [-0.39, 0.29) is 32.8 Å². The van der Waals surface area contributed by atoms with Crippen LogP contribution in [0.1, 0.15) is 31.8 Å². The summed E-state index contributed by atoms with van der Waals surface area (Å²) in [5.74, 6) is -5.26. The van der Waals surface area contributed by atoms with Crippen molar-refractivity contribution < 1.29 is 30.0 Å². The van der Waals surface area contributed by atoms with Crippen LogP contribution in [0.4, 0.5) is 0 Å². The summed E-state index contributed by atoms with van der Waals surface area (Å²) < 4.78 is 0. The van der Waals surface area contributed by atoms with Gasteiger partial charge in [0, 0.05) is 16.2 Å². The fraction of sp³-hybridized carbons (Fsp3) is 0. The normalized spacial score (nSPS) is 11.5. The summed E-state index contributed by atoms with van der Waals surface area (Å²) in [7, 11) is 0.